The third-order valence-corrected chi connectivity index (χ3v) is 5.67. The summed E-state index contributed by atoms with van der Waals surface area (Å²) in [7, 11) is 1.59. The molecule has 2 fully saturated rings. The number of ether oxygens (including phenoxy) is 1. The quantitative estimate of drug-likeness (QED) is 0.749. The molecule has 3 rings (SSSR count). The van der Waals surface area contributed by atoms with Gasteiger partial charge in [0.15, 0.2) is 0 Å². The van der Waals surface area contributed by atoms with Crippen molar-refractivity contribution in [2.24, 2.45) is 5.92 Å². The van der Waals surface area contributed by atoms with Gasteiger partial charge < -0.3 is 15.4 Å². The normalized spacial score (nSPS) is 23.3. The lowest BCUT2D eigenvalue weighted by Crippen LogP contribution is -2.51. The van der Waals surface area contributed by atoms with Gasteiger partial charge in [-0.25, -0.2) is 4.79 Å². The van der Waals surface area contributed by atoms with Crippen molar-refractivity contribution in [3.63, 3.8) is 0 Å². The fourth-order valence-electron chi connectivity index (χ4n) is 3.96. The summed E-state index contributed by atoms with van der Waals surface area (Å²) < 4.78 is 5.10. The van der Waals surface area contributed by atoms with Gasteiger partial charge in [0, 0.05) is 6.54 Å². The molecule has 1 aromatic rings. The zero-order valence-corrected chi connectivity index (χ0v) is 15.9. The van der Waals surface area contributed by atoms with Crippen molar-refractivity contribution in [1.82, 2.24) is 15.5 Å². The first-order valence-electron chi connectivity index (χ1n) is 9.48. The van der Waals surface area contributed by atoms with Gasteiger partial charge in [-0.3, -0.25) is 14.5 Å². The molecule has 1 aromatic carbocycles. The fourth-order valence-corrected chi connectivity index (χ4v) is 3.96. The number of urea groups is 1. The van der Waals surface area contributed by atoms with Gasteiger partial charge in [-0.15, -0.1) is 0 Å². The molecule has 4 amide bonds. The van der Waals surface area contributed by atoms with E-state index >= 15 is 0 Å². The Morgan fingerprint density at radius 1 is 1.22 bits per heavy atom. The molecule has 2 aliphatic rings. The van der Waals surface area contributed by atoms with Gasteiger partial charge in [0.1, 0.15) is 17.8 Å². The van der Waals surface area contributed by atoms with E-state index in [1.165, 1.54) is 6.42 Å². The van der Waals surface area contributed by atoms with Crippen molar-refractivity contribution in [1.29, 1.82) is 0 Å². The Balaban J connectivity index is 1.56. The van der Waals surface area contributed by atoms with E-state index in [0.717, 1.165) is 41.9 Å². The number of hydrogen-bond acceptors (Lipinski definition) is 4. The molecule has 1 heterocycles. The molecule has 1 saturated heterocycles. The lowest BCUT2D eigenvalue weighted by molar-refractivity contribution is -0.136. The third-order valence-electron chi connectivity index (χ3n) is 5.67. The van der Waals surface area contributed by atoms with Crippen LogP contribution in [0, 0.1) is 5.92 Å². The molecule has 1 saturated carbocycles. The van der Waals surface area contributed by atoms with Crippen LogP contribution in [0.4, 0.5) is 4.79 Å². The largest absolute Gasteiger partial charge is 0.497 e. The Hall–Kier alpha value is -2.57. The first-order chi connectivity index (χ1) is 12.9. The number of benzene rings is 1. The molecular weight excluding hydrogens is 346 g/mol. The van der Waals surface area contributed by atoms with Crippen molar-refractivity contribution in [3.8, 4) is 5.75 Å². The molecule has 146 valence electrons. The van der Waals surface area contributed by atoms with Gasteiger partial charge in [0.2, 0.25) is 5.91 Å². The van der Waals surface area contributed by atoms with Crippen LogP contribution >= 0.6 is 0 Å². The second kappa shape index (κ2) is 7.98. The summed E-state index contributed by atoms with van der Waals surface area (Å²) in [6, 6.07) is 6.86. The second-order valence-corrected chi connectivity index (χ2v) is 7.48. The minimum absolute atomic E-state index is 0.134. The first-order valence-corrected chi connectivity index (χ1v) is 9.48. The highest BCUT2D eigenvalue weighted by molar-refractivity contribution is 6.09. The fraction of sp³-hybridized carbons (Fsp3) is 0.550. The number of imide groups is 1. The van der Waals surface area contributed by atoms with Crippen molar-refractivity contribution < 1.29 is 19.1 Å². The van der Waals surface area contributed by atoms with Gasteiger partial charge >= 0.3 is 6.03 Å². The van der Waals surface area contributed by atoms with Crippen LogP contribution in [-0.4, -0.2) is 41.9 Å². The van der Waals surface area contributed by atoms with Crippen molar-refractivity contribution in [2.75, 3.05) is 13.7 Å². The number of hydrogen-bond donors (Lipinski definition) is 2. The van der Waals surface area contributed by atoms with Crippen LogP contribution in [0.2, 0.25) is 0 Å². The van der Waals surface area contributed by atoms with Crippen molar-refractivity contribution in [2.45, 2.75) is 51.1 Å². The second-order valence-electron chi connectivity index (χ2n) is 7.48. The summed E-state index contributed by atoms with van der Waals surface area (Å²) in [6.07, 6.45) is 5.18. The van der Waals surface area contributed by atoms with Gasteiger partial charge in [-0.05, 0) is 43.4 Å². The predicted octanol–water partition coefficient (Wildman–Crippen LogP) is 2.20. The Kier molecular flexibility index (Phi) is 5.68. The summed E-state index contributed by atoms with van der Waals surface area (Å²) in [5, 5.41) is 5.59. The molecule has 0 spiro atoms. The summed E-state index contributed by atoms with van der Waals surface area (Å²) >= 11 is 0. The molecule has 1 aliphatic heterocycles. The van der Waals surface area contributed by atoms with Crippen LogP contribution in [0.5, 0.6) is 5.75 Å². The van der Waals surface area contributed by atoms with E-state index in [9.17, 15) is 14.4 Å². The number of methoxy groups -OCH3 is 1. The molecule has 1 aliphatic carbocycles. The van der Waals surface area contributed by atoms with Crippen molar-refractivity contribution >= 4 is 17.8 Å². The standard InChI is InChI=1S/C20H27N3O4/c1-20(15-6-4-3-5-7-15)18(25)23(19(26)22-20)13-17(24)21-12-14-8-10-16(27-2)11-9-14/h8-11,15H,3-7,12-13H2,1-2H3,(H,21,24)(H,22,26)/t20-/m0/s1. The van der Waals surface area contributed by atoms with E-state index in [2.05, 4.69) is 10.6 Å². The lowest BCUT2D eigenvalue weighted by atomic mass is 9.75. The van der Waals surface area contributed by atoms with Gasteiger partial charge in [-0.1, -0.05) is 31.4 Å². The molecule has 0 aromatic heterocycles. The van der Waals surface area contributed by atoms with Crippen LogP contribution < -0.4 is 15.4 Å². The molecular formula is C20H27N3O4. The topological polar surface area (TPSA) is 87.7 Å². The van der Waals surface area contributed by atoms with Crippen LogP contribution in [0.15, 0.2) is 24.3 Å². The van der Waals surface area contributed by atoms with Gasteiger partial charge in [-0.2, -0.15) is 0 Å². The highest BCUT2D eigenvalue weighted by Gasteiger charge is 2.52. The smallest absolute Gasteiger partial charge is 0.325 e. The van der Waals surface area contributed by atoms with E-state index in [0.29, 0.717) is 6.54 Å². The Morgan fingerprint density at radius 2 is 1.89 bits per heavy atom. The van der Waals surface area contributed by atoms with Crippen LogP contribution in [0.25, 0.3) is 0 Å². The summed E-state index contributed by atoms with van der Waals surface area (Å²) in [5.41, 5.74) is 0.0155. The Labute approximate surface area is 159 Å². The molecule has 0 radical (unpaired) electrons. The molecule has 27 heavy (non-hydrogen) atoms. The maximum Gasteiger partial charge on any atom is 0.325 e. The van der Waals surface area contributed by atoms with E-state index in [4.69, 9.17) is 4.74 Å². The number of rotatable bonds is 6. The summed E-state index contributed by atoms with van der Waals surface area (Å²) in [6.45, 7) is 1.86. The minimum Gasteiger partial charge on any atom is -0.497 e. The monoisotopic (exact) mass is 373 g/mol. The van der Waals surface area contributed by atoms with E-state index in [-0.39, 0.29) is 24.3 Å². The minimum atomic E-state index is -0.895. The van der Waals surface area contributed by atoms with E-state index in [1.807, 2.05) is 24.3 Å². The SMILES string of the molecule is COc1ccc(CNC(=O)CN2C(=O)N[C@@](C)(C3CCCCC3)C2=O)cc1. The zero-order valence-electron chi connectivity index (χ0n) is 15.9. The van der Waals surface area contributed by atoms with Crippen LogP contribution in [0.3, 0.4) is 0 Å². The predicted molar refractivity (Wildman–Crippen MR) is 100 cm³/mol. The number of carbonyl (C=O) groups excluding carboxylic acids is 3. The van der Waals surface area contributed by atoms with Crippen molar-refractivity contribution in [3.05, 3.63) is 29.8 Å². The maximum atomic E-state index is 12.9. The third kappa shape index (κ3) is 4.07. The van der Waals surface area contributed by atoms with Crippen LogP contribution in [0.1, 0.15) is 44.6 Å². The first kappa shape index (κ1) is 19.2. The highest BCUT2D eigenvalue weighted by Crippen LogP contribution is 2.36. The molecule has 2 N–H and O–H groups in total. The Bertz CT molecular complexity index is 712. The lowest BCUT2D eigenvalue weighted by Gasteiger charge is -2.34. The zero-order chi connectivity index (χ0) is 19.4. The maximum absolute atomic E-state index is 12.9. The summed E-state index contributed by atoms with van der Waals surface area (Å²) in [4.78, 5) is 38.5. The Morgan fingerprint density at radius 3 is 2.52 bits per heavy atom. The summed E-state index contributed by atoms with van der Waals surface area (Å²) in [5.74, 6) is 0.225. The number of carbonyl (C=O) groups is 3. The molecule has 0 unspecified atom stereocenters. The van der Waals surface area contributed by atoms with Crippen LogP contribution in [-0.2, 0) is 16.1 Å². The number of nitrogens with one attached hydrogen (secondary N) is 2. The van der Waals surface area contributed by atoms with E-state index in [1.54, 1.807) is 14.0 Å². The molecule has 7 nitrogen and oxygen atoms in total. The number of nitrogens with zero attached hydrogens (tertiary/aromatic N) is 1. The molecule has 7 heteroatoms. The van der Waals surface area contributed by atoms with Gasteiger partial charge in [0.25, 0.3) is 5.91 Å². The molecule has 0 bridgehead atoms. The highest BCUT2D eigenvalue weighted by atomic mass is 16.5. The average Bonchev–Trinajstić information content (AvgIpc) is 2.91. The molecule has 1 atom stereocenters. The van der Waals surface area contributed by atoms with Gasteiger partial charge in [0.05, 0.1) is 7.11 Å². The van der Waals surface area contributed by atoms with E-state index < -0.39 is 11.6 Å². The average molecular weight is 373 g/mol. The number of amides is 4.